The van der Waals surface area contributed by atoms with Gasteiger partial charge in [-0.15, -0.1) is 0 Å². The summed E-state index contributed by atoms with van der Waals surface area (Å²) in [6.45, 7) is 4.14. The van der Waals surface area contributed by atoms with Crippen molar-refractivity contribution in [3.05, 3.63) is 78.1 Å². The van der Waals surface area contributed by atoms with Gasteiger partial charge in [0.05, 0.1) is 18.7 Å². The normalized spacial score (nSPS) is 15.9. The summed E-state index contributed by atoms with van der Waals surface area (Å²) in [7, 11) is 1.66. The Morgan fingerprint density at radius 2 is 2.06 bits per heavy atom. The molecular formula is C27H29N5O2. The highest BCUT2D eigenvalue weighted by atomic mass is 16.5. The largest absolute Gasteiger partial charge is 0.497 e. The maximum atomic E-state index is 13.0. The van der Waals surface area contributed by atoms with Crippen LogP contribution in [0.5, 0.6) is 5.75 Å². The lowest BCUT2D eigenvalue weighted by atomic mass is 9.96. The summed E-state index contributed by atoms with van der Waals surface area (Å²) in [5.41, 5.74) is 5.12. The number of carbonyl (C=O) groups excluding carboxylic acids is 1. The van der Waals surface area contributed by atoms with Crippen LogP contribution in [0.2, 0.25) is 0 Å². The molecule has 0 saturated carbocycles. The molecule has 0 radical (unpaired) electrons. The smallest absolute Gasteiger partial charge is 0.225 e. The van der Waals surface area contributed by atoms with E-state index in [2.05, 4.69) is 40.3 Å². The molecular weight excluding hydrogens is 426 g/mol. The zero-order valence-corrected chi connectivity index (χ0v) is 19.6. The lowest BCUT2D eigenvalue weighted by molar-refractivity contribution is -0.125. The molecule has 5 rings (SSSR count). The van der Waals surface area contributed by atoms with Crippen molar-refractivity contribution < 1.29 is 9.53 Å². The van der Waals surface area contributed by atoms with E-state index in [1.807, 2.05) is 47.1 Å². The van der Waals surface area contributed by atoms with Crippen LogP contribution in [0.1, 0.15) is 24.0 Å². The summed E-state index contributed by atoms with van der Waals surface area (Å²) in [4.78, 5) is 19.9. The number of piperidine rings is 1. The van der Waals surface area contributed by atoms with Crippen LogP contribution in [0.4, 0.5) is 5.82 Å². The Morgan fingerprint density at radius 3 is 2.91 bits per heavy atom. The minimum absolute atomic E-state index is 0.0689. The van der Waals surface area contributed by atoms with Crippen LogP contribution in [-0.2, 0) is 11.3 Å². The van der Waals surface area contributed by atoms with Gasteiger partial charge in [0.1, 0.15) is 11.3 Å². The maximum Gasteiger partial charge on any atom is 0.225 e. The number of fused-ring (bicyclic) bond motifs is 1. The second kappa shape index (κ2) is 9.55. The first-order valence-electron chi connectivity index (χ1n) is 11.7. The number of methoxy groups -OCH3 is 1. The van der Waals surface area contributed by atoms with Crippen molar-refractivity contribution >= 4 is 17.2 Å². The Hall–Kier alpha value is -3.87. The van der Waals surface area contributed by atoms with Crippen molar-refractivity contribution in [1.82, 2.24) is 19.9 Å². The van der Waals surface area contributed by atoms with Gasteiger partial charge in [-0.25, -0.2) is 9.50 Å². The van der Waals surface area contributed by atoms with Crippen molar-refractivity contribution in [3.8, 4) is 17.0 Å². The number of benzene rings is 2. The molecule has 3 heterocycles. The number of hydrogen-bond acceptors (Lipinski definition) is 5. The summed E-state index contributed by atoms with van der Waals surface area (Å²) >= 11 is 0. The first-order valence-corrected chi connectivity index (χ1v) is 11.7. The van der Waals surface area contributed by atoms with Gasteiger partial charge in [-0.2, -0.15) is 5.10 Å². The van der Waals surface area contributed by atoms with Crippen molar-refractivity contribution in [1.29, 1.82) is 0 Å². The first kappa shape index (κ1) is 21.9. The van der Waals surface area contributed by atoms with E-state index >= 15 is 0 Å². The van der Waals surface area contributed by atoms with E-state index in [4.69, 9.17) is 9.84 Å². The number of aryl methyl sites for hydroxylation is 1. The molecule has 7 heteroatoms. The molecule has 1 saturated heterocycles. The molecule has 0 bridgehead atoms. The van der Waals surface area contributed by atoms with Crippen molar-refractivity contribution in [2.75, 3.05) is 25.1 Å². The van der Waals surface area contributed by atoms with E-state index in [9.17, 15) is 4.79 Å². The Balaban J connectivity index is 1.34. The zero-order valence-electron chi connectivity index (χ0n) is 19.6. The van der Waals surface area contributed by atoms with Crippen LogP contribution >= 0.6 is 0 Å². The molecule has 1 unspecified atom stereocenters. The molecule has 2 aromatic heterocycles. The molecule has 1 atom stereocenters. The number of nitrogens with zero attached hydrogens (tertiary/aromatic N) is 4. The van der Waals surface area contributed by atoms with Gasteiger partial charge in [-0.05, 0) is 49.1 Å². The van der Waals surface area contributed by atoms with Crippen molar-refractivity contribution in [3.63, 3.8) is 0 Å². The standard InChI is InChI=1S/C27H29N5O2/c1-19-7-3-4-8-21(19)17-29-27(33)22-10-6-13-31(18-22)26-25-16-24(30-32(25)14-12-28-26)20-9-5-11-23(15-20)34-2/h3-5,7-9,11-12,14-16,22H,6,10,13,17-18H2,1-2H3,(H,29,33). The van der Waals surface area contributed by atoms with E-state index in [0.29, 0.717) is 13.1 Å². The monoisotopic (exact) mass is 455 g/mol. The Kier molecular flexibility index (Phi) is 6.16. The summed E-state index contributed by atoms with van der Waals surface area (Å²) in [5, 5.41) is 7.89. The third-order valence-electron chi connectivity index (χ3n) is 6.54. The number of ether oxygens (including phenoxy) is 1. The zero-order chi connectivity index (χ0) is 23.5. The number of hydrogen-bond donors (Lipinski definition) is 1. The molecule has 1 fully saturated rings. The number of amides is 1. The predicted molar refractivity (Wildman–Crippen MR) is 133 cm³/mol. The third-order valence-corrected chi connectivity index (χ3v) is 6.54. The molecule has 1 aliphatic rings. The van der Waals surface area contributed by atoms with Crippen LogP contribution in [-0.4, -0.2) is 40.7 Å². The Morgan fingerprint density at radius 1 is 1.18 bits per heavy atom. The summed E-state index contributed by atoms with van der Waals surface area (Å²) < 4.78 is 7.23. The van der Waals surface area contributed by atoms with Gasteiger partial charge in [-0.3, -0.25) is 4.79 Å². The number of anilines is 1. The van der Waals surface area contributed by atoms with E-state index in [1.54, 1.807) is 13.3 Å². The highest BCUT2D eigenvalue weighted by Crippen LogP contribution is 2.29. The van der Waals surface area contributed by atoms with Crippen molar-refractivity contribution in [2.24, 2.45) is 5.92 Å². The van der Waals surface area contributed by atoms with Gasteiger partial charge in [0.15, 0.2) is 5.82 Å². The number of aromatic nitrogens is 3. The molecule has 1 amide bonds. The second-order valence-corrected chi connectivity index (χ2v) is 8.77. The topological polar surface area (TPSA) is 71.8 Å². The first-order chi connectivity index (χ1) is 16.6. The van der Waals surface area contributed by atoms with Gasteiger partial charge in [0.25, 0.3) is 0 Å². The summed E-state index contributed by atoms with van der Waals surface area (Å²) in [5.74, 6) is 1.69. The highest BCUT2D eigenvalue weighted by molar-refractivity contribution is 5.81. The van der Waals surface area contributed by atoms with Crippen LogP contribution in [0, 0.1) is 12.8 Å². The van der Waals surface area contributed by atoms with Crippen LogP contribution < -0.4 is 15.0 Å². The fourth-order valence-electron chi connectivity index (χ4n) is 4.59. The lowest BCUT2D eigenvalue weighted by Gasteiger charge is -2.33. The van der Waals surface area contributed by atoms with E-state index in [0.717, 1.165) is 53.3 Å². The molecule has 1 aliphatic heterocycles. The van der Waals surface area contributed by atoms with Crippen LogP contribution in [0.3, 0.4) is 0 Å². The minimum atomic E-state index is -0.0689. The van der Waals surface area contributed by atoms with Gasteiger partial charge in [0.2, 0.25) is 5.91 Å². The van der Waals surface area contributed by atoms with Gasteiger partial charge < -0.3 is 15.0 Å². The molecule has 2 aromatic carbocycles. The fourth-order valence-corrected chi connectivity index (χ4v) is 4.59. The predicted octanol–water partition coefficient (Wildman–Crippen LogP) is 4.25. The number of carbonyl (C=O) groups is 1. The van der Waals surface area contributed by atoms with Crippen LogP contribution in [0.25, 0.3) is 16.8 Å². The molecule has 4 aromatic rings. The quantitative estimate of drug-likeness (QED) is 0.471. The molecule has 174 valence electrons. The molecule has 1 N–H and O–H groups in total. The SMILES string of the molecule is COc1cccc(-c2cc3c(N4CCCC(C(=O)NCc5ccccc5C)C4)nccn3n2)c1. The fraction of sp³-hybridized carbons (Fsp3) is 0.296. The average molecular weight is 456 g/mol. The Bertz CT molecular complexity index is 1320. The van der Waals surface area contributed by atoms with Crippen molar-refractivity contribution in [2.45, 2.75) is 26.3 Å². The van der Waals surface area contributed by atoms with E-state index < -0.39 is 0 Å². The minimum Gasteiger partial charge on any atom is -0.497 e. The molecule has 0 spiro atoms. The molecule has 34 heavy (non-hydrogen) atoms. The average Bonchev–Trinajstić information content (AvgIpc) is 3.33. The van der Waals surface area contributed by atoms with Gasteiger partial charge in [0, 0.05) is 37.6 Å². The second-order valence-electron chi connectivity index (χ2n) is 8.77. The van der Waals surface area contributed by atoms with E-state index in [1.165, 1.54) is 5.56 Å². The van der Waals surface area contributed by atoms with Crippen LogP contribution in [0.15, 0.2) is 67.0 Å². The third kappa shape index (κ3) is 4.46. The van der Waals surface area contributed by atoms with E-state index in [-0.39, 0.29) is 11.8 Å². The molecule has 0 aliphatic carbocycles. The highest BCUT2D eigenvalue weighted by Gasteiger charge is 2.28. The molecule has 7 nitrogen and oxygen atoms in total. The maximum absolute atomic E-state index is 13.0. The number of rotatable bonds is 6. The summed E-state index contributed by atoms with van der Waals surface area (Å²) in [6, 6.07) is 18.1. The Labute approximate surface area is 199 Å². The summed E-state index contributed by atoms with van der Waals surface area (Å²) in [6.07, 6.45) is 5.46. The number of nitrogens with one attached hydrogen (secondary N) is 1. The van der Waals surface area contributed by atoms with Gasteiger partial charge in [-0.1, -0.05) is 36.4 Å². The lowest BCUT2D eigenvalue weighted by Crippen LogP contribution is -2.43. The van der Waals surface area contributed by atoms with Gasteiger partial charge >= 0.3 is 0 Å².